The van der Waals surface area contributed by atoms with E-state index in [0.29, 0.717) is 23.0 Å². The topological polar surface area (TPSA) is 84.9 Å². The highest BCUT2D eigenvalue weighted by Gasteiger charge is 2.26. The fourth-order valence-corrected chi connectivity index (χ4v) is 4.67. The first-order valence-corrected chi connectivity index (χ1v) is 11.0. The highest BCUT2D eigenvalue weighted by Crippen LogP contribution is 2.32. The second-order valence-electron chi connectivity index (χ2n) is 7.18. The summed E-state index contributed by atoms with van der Waals surface area (Å²) in [4.78, 5) is 14.1. The third-order valence-corrected chi connectivity index (χ3v) is 6.55. The number of piperidine rings is 1. The molecule has 0 spiro atoms. The number of methoxy groups -OCH3 is 2. The molecule has 1 heterocycles. The number of esters is 1. The number of hydrogen-bond donors (Lipinski definition) is 1. The summed E-state index contributed by atoms with van der Waals surface area (Å²) in [6.45, 7) is 3.73. The van der Waals surface area contributed by atoms with Crippen LogP contribution in [0.3, 0.4) is 0 Å². The Kier molecular flexibility index (Phi) is 6.32. The van der Waals surface area contributed by atoms with Crippen LogP contribution in [0.1, 0.15) is 30.1 Å². The molecule has 0 aromatic heterocycles. The summed E-state index contributed by atoms with van der Waals surface area (Å²) in [5, 5.41) is 0. The van der Waals surface area contributed by atoms with Crippen LogP contribution in [0, 0.1) is 5.92 Å². The van der Waals surface area contributed by atoms with Gasteiger partial charge in [-0.3, -0.25) is 4.72 Å². The number of benzene rings is 2. The van der Waals surface area contributed by atoms with Crippen LogP contribution in [0.2, 0.25) is 0 Å². The van der Waals surface area contributed by atoms with E-state index in [1.54, 1.807) is 43.5 Å². The number of rotatable bonds is 6. The Morgan fingerprint density at radius 1 is 1.07 bits per heavy atom. The summed E-state index contributed by atoms with van der Waals surface area (Å²) in [6, 6.07) is 11.3. The summed E-state index contributed by atoms with van der Waals surface area (Å²) >= 11 is 0. The molecule has 2 aromatic carbocycles. The fourth-order valence-electron chi connectivity index (χ4n) is 3.35. The van der Waals surface area contributed by atoms with E-state index >= 15 is 0 Å². The van der Waals surface area contributed by atoms with Gasteiger partial charge in [0.05, 0.1) is 25.5 Å². The minimum Gasteiger partial charge on any atom is -0.497 e. The SMILES string of the molecule is COC(=O)c1ccc(N2CCC(C)CC2)c(S(=O)(=O)Nc2ccc(OC)cc2)c1. The Hall–Kier alpha value is -2.74. The fraction of sp³-hybridized carbons (Fsp3) is 0.381. The van der Waals surface area contributed by atoms with Gasteiger partial charge in [0.1, 0.15) is 10.6 Å². The maximum absolute atomic E-state index is 13.2. The van der Waals surface area contributed by atoms with Crippen molar-refractivity contribution < 1.29 is 22.7 Å². The molecule has 7 nitrogen and oxygen atoms in total. The van der Waals surface area contributed by atoms with Gasteiger partial charge in [0, 0.05) is 18.8 Å². The molecule has 0 unspecified atom stereocenters. The summed E-state index contributed by atoms with van der Waals surface area (Å²) in [5.41, 5.74) is 1.19. The van der Waals surface area contributed by atoms with Crippen molar-refractivity contribution in [3.8, 4) is 5.75 Å². The molecule has 3 rings (SSSR count). The maximum Gasteiger partial charge on any atom is 0.337 e. The third-order valence-electron chi connectivity index (χ3n) is 5.14. The van der Waals surface area contributed by atoms with Crippen LogP contribution in [0.25, 0.3) is 0 Å². The van der Waals surface area contributed by atoms with E-state index in [2.05, 4.69) is 16.5 Å². The van der Waals surface area contributed by atoms with Gasteiger partial charge in [0.2, 0.25) is 0 Å². The first-order chi connectivity index (χ1) is 13.8. The van der Waals surface area contributed by atoms with Crippen molar-refractivity contribution >= 4 is 27.4 Å². The predicted molar refractivity (Wildman–Crippen MR) is 112 cm³/mol. The summed E-state index contributed by atoms with van der Waals surface area (Å²) < 4.78 is 38.9. The van der Waals surface area contributed by atoms with Crippen LogP contribution in [0.5, 0.6) is 5.75 Å². The van der Waals surface area contributed by atoms with E-state index in [1.807, 2.05) is 0 Å². The zero-order chi connectivity index (χ0) is 21.0. The highest BCUT2D eigenvalue weighted by atomic mass is 32.2. The molecule has 2 aromatic rings. The number of nitrogens with zero attached hydrogens (tertiary/aromatic N) is 1. The van der Waals surface area contributed by atoms with Crippen molar-refractivity contribution in [2.24, 2.45) is 5.92 Å². The zero-order valence-corrected chi connectivity index (χ0v) is 17.7. The van der Waals surface area contributed by atoms with Gasteiger partial charge in [-0.05, 0) is 61.2 Å². The molecule has 29 heavy (non-hydrogen) atoms. The quantitative estimate of drug-likeness (QED) is 0.723. The lowest BCUT2D eigenvalue weighted by atomic mass is 9.98. The Bertz CT molecular complexity index is 965. The molecule has 8 heteroatoms. The zero-order valence-electron chi connectivity index (χ0n) is 16.8. The Morgan fingerprint density at radius 3 is 2.31 bits per heavy atom. The van der Waals surface area contributed by atoms with Crippen LogP contribution in [0.4, 0.5) is 11.4 Å². The van der Waals surface area contributed by atoms with Crippen molar-refractivity contribution in [1.82, 2.24) is 0 Å². The molecule has 0 bridgehead atoms. The van der Waals surface area contributed by atoms with E-state index in [1.165, 1.54) is 13.2 Å². The molecule has 1 N–H and O–H groups in total. The average Bonchev–Trinajstić information content (AvgIpc) is 2.73. The van der Waals surface area contributed by atoms with E-state index in [-0.39, 0.29) is 10.5 Å². The minimum atomic E-state index is -3.93. The van der Waals surface area contributed by atoms with Crippen molar-refractivity contribution in [1.29, 1.82) is 0 Å². The number of hydrogen-bond acceptors (Lipinski definition) is 6. The second kappa shape index (κ2) is 8.73. The molecular weight excluding hydrogens is 392 g/mol. The number of carbonyl (C=O) groups is 1. The molecule has 0 aliphatic carbocycles. The third kappa shape index (κ3) is 4.82. The van der Waals surface area contributed by atoms with Gasteiger partial charge in [-0.2, -0.15) is 0 Å². The molecule has 1 fully saturated rings. The van der Waals surface area contributed by atoms with E-state index < -0.39 is 16.0 Å². The molecule has 0 saturated carbocycles. The smallest absolute Gasteiger partial charge is 0.337 e. The summed E-state index contributed by atoms with van der Waals surface area (Å²) in [6.07, 6.45) is 1.98. The number of carbonyl (C=O) groups excluding carboxylic acids is 1. The predicted octanol–water partition coefficient (Wildman–Crippen LogP) is 3.52. The van der Waals surface area contributed by atoms with Gasteiger partial charge in [0.25, 0.3) is 10.0 Å². The maximum atomic E-state index is 13.2. The van der Waals surface area contributed by atoms with Gasteiger partial charge in [-0.1, -0.05) is 6.92 Å². The number of ether oxygens (including phenoxy) is 2. The van der Waals surface area contributed by atoms with Crippen molar-refractivity contribution in [3.63, 3.8) is 0 Å². The van der Waals surface area contributed by atoms with Crippen molar-refractivity contribution in [3.05, 3.63) is 48.0 Å². The van der Waals surface area contributed by atoms with E-state index in [9.17, 15) is 13.2 Å². The van der Waals surface area contributed by atoms with Gasteiger partial charge >= 0.3 is 5.97 Å². The molecule has 0 atom stereocenters. The normalized spacial score (nSPS) is 15.1. The second-order valence-corrected chi connectivity index (χ2v) is 8.83. The Labute approximate surface area is 171 Å². The average molecular weight is 419 g/mol. The molecule has 0 radical (unpaired) electrons. The van der Waals surface area contributed by atoms with Gasteiger partial charge in [0.15, 0.2) is 0 Å². The van der Waals surface area contributed by atoms with Crippen LogP contribution in [0.15, 0.2) is 47.4 Å². The van der Waals surface area contributed by atoms with Gasteiger partial charge in [-0.15, -0.1) is 0 Å². The van der Waals surface area contributed by atoms with E-state index in [0.717, 1.165) is 25.9 Å². The molecular formula is C21H26N2O5S. The van der Waals surface area contributed by atoms with Gasteiger partial charge < -0.3 is 14.4 Å². The van der Waals surface area contributed by atoms with Gasteiger partial charge in [-0.25, -0.2) is 13.2 Å². The number of nitrogens with one attached hydrogen (secondary N) is 1. The van der Waals surface area contributed by atoms with Crippen LogP contribution in [-0.2, 0) is 14.8 Å². The Morgan fingerprint density at radius 2 is 1.72 bits per heavy atom. The molecule has 0 amide bonds. The molecule has 1 aliphatic rings. The highest BCUT2D eigenvalue weighted by molar-refractivity contribution is 7.92. The van der Waals surface area contributed by atoms with Crippen LogP contribution in [-0.4, -0.2) is 41.7 Å². The molecule has 1 saturated heterocycles. The lowest BCUT2D eigenvalue weighted by Crippen LogP contribution is -2.34. The first kappa shape index (κ1) is 21.0. The van der Waals surface area contributed by atoms with E-state index in [4.69, 9.17) is 9.47 Å². The molecule has 156 valence electrons. The monoisotopic (exact) mass is 418 g/mol. The van der Waals surface area contributed by atoms with Crippen molar-refractivity contribution in [2.45, 2.75) is 24.7 Å². The Balaban J connectivity index is 1.99. The number of anilines is 2. The van der Waals surface area contributed by atoms with Crippen LogP contribution < -0.4 is 14.4 Å². The minimum absolute atomic E-state index is 0.0609. The molecule has 1 aliphatic heterocycles. The standard InChI is InChI=1S/C21H26N2O5S/c1-15-10-12-23(13-11-15)19-9-4-16(21(24)28-3)14-20(19)29(25,26)22-17-5-7-18(27-2)8-6-17/h4-9,14-15,22H,10-13H2,1-3H3. The van der Waals surface area contributed by atoms with Crippen LogP contribution >= 0.6 is 0 Å². The lowest BCUT2D eigenvalue weighted by molar-refractivity contribution is 0.0600. The lowest BCUT2D eigenvalue weighted by Gasteiger charge is -2.33. The summed E-state index contributed by atoms with van der Waals surface area (Å²) in [5.74, 6) is 0.659. The largest absolute Gasteiger partial charge is 0.497 e. The van der Waals surface area contributed by atoms with Crippen molar-refractivity contribution in [2.75, 3.05) is 36.9 Å². The first-order valence-electron chi connectivity index (χ1n) is 9.48. The summed E-state index contributed by atoms with van der Waals surface area (Å²) in [7, 11) is -1.12. The number of sulfonamides is 1.